The van der Waals surface area contributed by atoms with Gasteiger partial charge in [0.05, 0.1) is 0 Å². The van der Waals surface area contributed by atoms with Crippen LogP contribution in [-0.2, 0) is 28.6 Å². The zero-order valence-corrected chi connectivity index (χ0v) is 40.0. The van der Waals surface area contributed by atoms with Crippen LogP contribution < -0.4 is 0 Å². The lowest BCUT2D eigenvalue weighted by Gasteiger charge is -2.18. The molecule has 1 unspecified atom stereocenters. The lowest BCUT2D eigenvalue weighted by atomic mass is 10.1. The van der Waals surface area contributed by atoms with Crippen LogP contribution in [0.4, 0.5) is 0 Å². The molecule has 0 aliphatic heterocycles. The van der Waals surface area contributed by atoms with Crippen molar-refractivity contribution in [2.45, 2.75) is 194 Å². The van der Waals surface area contributed by atoms with Gasteiger partial charge in [-0.05, 0) is 89.9 Å². The first-order valence-corrected chi connectivity index (χ1v) is 24.8. The molecular weight excluding hydrogens is 781 g/mol. The van der Waals surface area contributed by atoms with Crippen LogP contribution >= 0.6 is 0 Å². The Balaban J connectivity index is 4.58. The molecule has 0 radical (unpaired) electrons. The molecule has 6 heteroatoms. The van der Waals surface area contributed by atoms with Crippen molar-refractivity contribution in [3.8, 4) is 0 Å². The van der Waals surface area contributed by atoms with Gasteiger partial charge < -0.3 is 14.2 Å². The van der Waals surface area contributed by atoms with Crippen molar-refractivity contribution in [1.82, 2.24) is 0 Å². The van der Waals surface area contributed by atoms with Crippen molar-refractivity contribution in [2.75, 3.05) is 13.2 Å². The van der Waals surface area contributed by atoms with Gasteiger partial charge in [-0.3, -0.25) is 14.4 Å². The minimum atomic E-state index is -0.836. The van der Waals surface area contributed by atoms with Crippen molar-refractivity contribution >= 4 is 17.9 Å². The molecule has 0 amide bonds. The van der Waals surface area contributed by atoms with Crippen LogP contribution in [0.15, 0.2) is 134 Å². The van der Waals surface area contributed by atoms with Crippen LogP contribution in [0.25, 0.3) is 0 Å². The number of rotatable bonds is 42. The third-order valence-corrected chi connectivity index (χ3v) is 9.73. The number of ether oxygens (including phenoxy) is 3. The molecule has 0 fully saturated rings. The Kier molecular flexibility index (Phi) is 46.7. The minimum Gasteiger partial charge on any atom is -0.462 e. The molecule has 0 rings (SSSR count). The number of hydrogen-bond acceptors (Lipinski definition) is 6. The van der Waals surface area contributed by atoms with Gasteiger partial charge in [0.25, 0.3) is 0 Å². The Morgan fingerprint density at radius 1 is 0.349 bits per heavy atom. The molecule has 0 aliphatic rings. The first-order valence-electron chi connectivity index (χ1n) is 24.8. The van der Waals surface area contributed by atoms with E-state index in [-0.39, 0.29) is 31.6 Å². The van der Waals surface area contributed by atoms with E-state index in [1.54, 1.807) is 0 Å². The first-order chi connectivity index (χ1) is 31.0. The van der Waals surface area contributed by atoms with Crippen molar-refractivity contribution in [1.29, 1.82) is 0 Å². The Morgan fingerprint density at radius 2 is 0.746 bits per heavy atom. The summed E-state index contributed by atoms with van der Waals surface area (Å²) in [6.07, 6.45) is 70.1. The molecule has 0 bridgehead atoms. The van der Waals surface area contributed by atoms with Crippen LogP contribution in [0.1, 0.15) is 188 Å². The molecule has 0 aliphatic carbocycles. The average molecular weight is 869 g/mol. The molecule has 0 heterocycles. The Hall–Kier alpha value is -4.45. The van der Waals surface area contributed by atoms with E-state index in [0.29, 0.717) is 19.3 Å². The highest BCUT2D eigenvalue weighted by molar-refractivity contribution is 5.71. The molecule has 0 spiro atoms. The summed E-state index contributed by atoms with van der Waals surface area (Å²) in [6, 6.07) is 0. The van der Waals surface area contributed by atoms with Gasteiger partial charge in [0, 0.05) is 19.3 Å². The number of carbonyl (C=O) groups excluding carboxylic acids is 3. The first kappa shape index (κ1) is 58.6. The fraction of sp³-hybridized carbons (Fsp3) is 0.561. The van der Waals surface area contributed by atoms with Gasteiger partial charge >= 0.3 is 17.9 Å². The quantitative estimate of drug-likeness (QED) is 0.0200. The smallest absolute Gasteiger partial charge is 0.306 e. The normalized spacial score (nSPS) is 13.3. The molecular formula is C57H88O6. The van der Waals surface area contributed by atoms with Gasteiger partial charge in [0.2, 0.25) is 0 Å². The second-order valence-corrected chi connectivity index (χ2v) is 15.8. The fourth-order valence-electron chi connectivity index (χ4n) is 6.03. The van der Waals surface area contributed by atoms with Gasteiger partial charge in [-0.1, -0.05) is 212 Å². The zero-order valence-electron chi connectivity index (χ0n) is 40.0. The number of esters is 3. The molecule has 352 valence electrons. The molecule has 63 heavy (non-hydrogen) atoms. The fourth-order valence-corrected chi connectivity index (χ4v) is 6.03. The number of allylic oxidation sites excluding steroid dienone is 22. The summed E-state index contributed by atoms with van der Waals surface area (Å²) in [5.74, 6) is -1.06. The summed E-state index contributed by atoms with van der Waals surface area (Å²) in [6.45, 7) is 6.27. The van der Waals surface area contributed by atoms with Gasteiger partial charge in [0.15, 0.2) is 6.10 Å². The van der Waals surface area contributed by atoms with E-state index in [0.717, 1.165) is 109 Å². The van der Waals surface area contributed by atoms with E-state index >= 15 is 0 Å². The van der Waals surface area contributed by atoms with Crippen LogP contribution in [0.5, 0.6) is 0 Å². The maximum Gasteiger partial charge on any atom is 0.306 e. The Labute approximate surface area is 385 Å². The summed E-state index contributed by atoms with van der Waals surface area (Å²) in [4.78, 5) is 37.9. The Morgan fingerprint density at radius 3 is 1.24 bits per heavy atom. The summed E-state index contributed by atoms with van der Waals surface area (Å²) in [5.41, 5.74) is 0. The topological polar surface area (TPSA) is 78.9 Å². The van der Waals surface area contributed by atoms with Crippen molar-refractivity contribution in [3.63, 3.8) is 0 Å². The summed E-state index contributed by atoms with van der Waals surface area (Å²) >= 11 is 0. The van der Waals surface area contributed by atoms with E-state index in [1.807, 2.05) is 48.6 Å². The number of carbonyl (C=O) groups is 3. The maximum absolute atomic E-state index is 12.7. The number of unbranched alkanes of at least 4 members (excludes halogenated alkanes) is 13. The average Bonchev–Trinajstić information content (AvgIpc) is 3.28. The van der Waals surface area contributed by atoms with Gasteiger partial charge in [-0.25, -0.2) is 0 Å². The molecule has 0 aromatic rings. The molecule has 0 N–H and O–H groups in total. The van der Waals surface area contributed by atoms with Gasteiger partial charge in [0.1, 0.15) is 13.2 Å². The summed E-state index contributed by atoms with van der Waals surface area (Å²) < 4.78 is 16.7. The molecule has 0 aromatic carbocycles. The lowest BCUT2D eigenvalue weighted by Crippen LogP contribution is -2.30. The van der Waals surface area contributed by atoms with Gasteiger partial charge in [-0.2, -0.15) is 0 Å². The predicted molar refractivity (Wildman–Crippen MR) is 269 cm³/mol. The third kappa shape index (κ3) is 48.4. The summed E-state index contributed by atoms with van der Waals surface area (Å²) in [5, 5.41) is 0. The van der Waals surface area contributed by atoms with E-state index < -0.39 is 12.1 Å². The van der Waals surface area contributed by atoms with Gasteiger partial charge in [-0.15, -0.1) is 0 Å². The minimum absolute atomic E-state index is 0.126. The highest BCUT2D eigenvalue weighted by Gasteiger charge is 2.19. The van der Waals surface area contributed by atoms with Crippen molar-refractivity contribution in [3.05, 3.63) is 134 Å². The van der Waals surface area contributed by atoms with Crippen LogP contribution in [-0.4, -0.2) is 37.2 Å². The maximum atomic E-state index is 12.7. The molecule has 0 aromatic heterocycles. The van der Waals surface area contributed by atoms with E-state index in [2.05, 4.69) is 106 Å². The van der Waals surface area contributed by atoms with Crippen LogP contribution in [0.2, 0.25) is 0 Å². The van der Waals surface area contributed by atoms with E-state index in [1.165, 1.54) is 32.1 Å². The van der Waals surface area contributed by atoms with E-state index in [4.69, 9.17) is 14.2 Å². The predicted octanol–water partition coefficient (Wildman–Crippen LogP) is 16.3. The standard InChI is InChI=1S/C57H88O6/c1-4-7-10-13-16-19-22-24-26-28-29-31-32-35-38-41-44-47-50-56(59)62-53-54(52-61-55(58)49-46-43-40-37-34-21-18-15-12-9-6-3)63-57(60)51-48-45-42-39-36-33-30-27-25-23-20-17-14-11-8-5-2/h8,10-11,13,15-20,22,24-29,31,33,36,42,45,54H,4-7,9,12,14,21,23,30,32,34-35,37-41,43-44,46-53H2,1-3H3/b11-8-,13-10-,18-15-,19-16-,20-17-,24-22-,27-25-,28-26-,31-29-,36-33-,45-42-. The van der Waals surface area contributed by atoms with Crippen LogP contribution in [0, 0.1) is 0 Å². The third-order valence-electron chi connectivity index (χ3n) is 9.73. The molecule has 1 atom stereocenters. The van der Waals surface area contributed by atoms with Crippen molar-refractivity contribution in [2.24, 2.45) is 0 Å². The largest absolute Gasteiger partial charge is 0.462 e. The Bertz CT molecular complexity index is 1420. The number of hydrogen-bond donors (Lipinski definition) is 0. The second-order valence-electron chi connectivity index (χ2n) is 15.8. The van der Waals surface area contributed by atoms with Crippen molar-refractivity contribution < 1.29 is 28.6 Å². The molecule has 6 nitrogen and oxygen atoms in total. The second kappa shape index (κ2) is 50.2. The monoisotopic (exact) mass is 869 g/mol. The molecule has 0 saturated heterocycles. The van der Waals surface area contributed by atoms with E-state index in [9.17, 15) is 14.4 Å². The highest BCUT2D eigenvalue weighted by atomic mass is 16.6. The molecule has 0 saturated carbocycles. The highest BCUT2D eigenvalue weighted by Crippen LogP contribution is 2.12. The zero-order chi connectivity index (χ0) is 45.8. The summed E-state index contributed by atoms with van der Waals surface area (Å²) in [7, 11) is 0. The van der Waals surface area contributed by atoms with Crippen LogP contribution in [0.3, 0.4) is 0 Å². The SMILES string of the molecule is CC/C=C\C/C=C\C/C=C\C/C=C\C/C=C\CCC(=O)OC(COC(=O)CCCCCCC\C=C/C=C\C=C/C=C\C=C/CCC)COC(=O)CCCCCCC/C=C\CCCC. The lowest BCUT2D eigenvalue weighted by molar-refractivity contribution is -0.166.